The zero-order valence-corrected chi connectivity index (χ0v) is 17.9. The molecule has 1 aromatic carbocycles. The minimum atomic E-state index is -1.90. The topological polar surface area (TPSA) is 9.23 Å². The zero-order valence-electron chi connectivity index (χ0n) is 16.9. The van der Waals surface area contributed by atoms with E-state index in [0.29, 0.717) is 23.7 Å². The Hall–Kier alpha value is -1.80. The van der Waals surface area contributed by atoms with Crippen LogP contribution in [0.15, 0.2) is 72.9 Å². The van der Waals surface area contributed by atoms with Gasteiger partial charge in [-0.15, -0.1) is 24.0 Å². The number of para-hydroxylation sites is 1. The number of hydrogen-bond acceptors (Lipinski definition) is 1. The minimum Gasteiger partial charge on any atom is -0.497 e. The van der Waals surface area contributed by atoms with E-state index >= 15 is 0 Å². The van der Waals surface area contributed by atoms with Crippen LogP contribution >= 0.6 is 0 Å². The largest absolute Gasteiger partial charge is 0.497 e. The van der Waals surface area contributed by atoms with Crippen molar-refractivity contribution in [2.24, 2.45) is 23.7 Å². The first kappa shape index (κ1) is 18.2. The van der Waals surface area contributed by atoms with E-state index in [1.54, 1.807) is 0 Å². The molecule has 2 heteroatoms. The standard InChI is InChI=1S/C26H30OSi/c1-27-23-13-7-8-14-26(23)28(2,24-17-15-19-9-3-5-11-21(19)24)25-18-16-20-10-4-6-12-22(20)25/h3-16,19-22,24-25H,17-18H2,1-2H3/q-2. The highest BCUT2D eigenvalue weighted by Gasteiger charge is 2.51. The van der Waals surface area contributed by atoms with Gasteiger partial charge in [-0.05, 0) is 23.1 Å². The molecule has 0 aliphatic heterocycles. The zero-order chi connectivity index (χ0) is 19.1. The average molecular weight is 387 g/mol. The second-order valence-electron chi connectivity index (χ2n) is 8.99. The summed E-state index contributed by atoms with van der Waals surface area (Å²) in [4.78, 5) is 0. The van der Waals surface area contributed by atoms with Gasteiger partial charge in [0.1, 0.15) is 5.75 Å². The Kier molecular flexibility index (Phi) is 4.70. The molecule has 0 heterocycles. The van der Waals surface area contributed by atoms with Crippen molar-refractivity contribution < 1.29 is 4.74 Å². The molecule has 5 rings (SSSR count). The van der Waals surface area contributed by atoms with Gasteiger partial charge in [-0.2, -0.15) is 12.8 Å². The highest BCUT2D eigenvalue weighted by Crippen LogP contribution is 2.58. The molecule has 0 amide bonds. The average Bonchev–Trinajstić information content (AvgIpc) is 3.38. The molecule has 28 heavy (non-hydrogen) atoms. The maximum atomic E-state index is 5.93. The van der Waals surface area contributed by atoms with Gasteiger partial charge in [0.2, 0.25) is 0 Å². The molecule has 1 nitrogen and oxygen atoms in total. The SMILES string of the molecule is COc1ccccc1[Si](C)(C1C[CH-]C2C=CC=CC21)C1C[CH-]C2C=CC=CC21. The number of allylic oxidation sites excluding steroid dienone is 8. The van der Waals surface area contributed by atoms with E-state index in [1.807, 2.05) is 7.11 Å². The second kappa shape index (κ2) is 7.22. The van der Waals surface area contributed by atoms with E-state index in [0.717, 1.165) is 16.8 Å². The quantitative estimate of drug-likeness (QED) is 0.480. The van der Waals surface area contributed by atoms with Crippen LogP contribution in [0, 0.1) is 36.5 Å². The summed E-state index contributed by atoms with van der Waals surface area (Å²) >= 11 is 0. The van der Waals surface area contributed by atoms with Crippen molar-refractivity contribution in [3.63, 3.8) is 0 Å². The summed E-state index contributed by atoms with van der Waals surface area (Å²) in [5.41, 5.74) is 1.46. The van der Waals surface area contributed by atoms with Gasteiger partial charge < -0.3 is 17.6 Å². The Morgan fingerprint density at radius 3 is 1.93 bits per heavy atom. The Balaban J connectivity index is 1.63. The number of benzene rings is 1. The lowest BCUT2D eigenvalue weighted by Crippen LogP contribution is -2.55. The maximum Gasteiger partial charge on any atom is 0.118 e. The predicted molar refractivity (Wildman–Crippen MR) is 120 cm³/mol. The summed E-state index contributed by atoms with van der Waals surface area (Å²) in [6.07, 6.45) is 26.5. The maximum absolute atomic E-state index is 5.93. The van der Waals surface area contributed by atoms with Crippen LogP contribution in [0.1, 0.15) is 12.8 Å². The molecule has 0 aromatic heterocycles. The Bertz CT molecular complexity index is 804. The molecule has 0 radical (unpaired) electrons. The fourth-order valence-electron chi connectivity index (χ4n) is 6.53. The van der Waals surface area contributed by atoms with Crippen molar-refractivity contribution in [1.82, 2.24) is 0 Å². The predicted octanol–water partition coefficient (Wildman–Crippen LogP) is 5.65. The van der Waals surface area contributed by atoms with E-state index in [1.165, 1.54) is 18.0 Å². The third-order valence-corrected chi connectivity index (χ3v) is 13.8. The van der Waals surface area contributed by atoms with E-state index in [9.17, 15) is 0 Å². The van der Waals surface area contributed by atoms with Crippen LogP contribution < -0.4 is 9.92 Å². The van der Waals surface area contributed by atoms with Crippen molar-refractivity contribution in [3.8, 4) is 5.75 Å². The van der Waals surface area contributed by atoms with Crippen LogP contribution in [0.4, 0.5) is 0 Å². The van der Waals surface area contributed by atoms with Crippen LogP contribution in [0.5, 0.6) is 5.75 Å². The van der Waals surface area contributed by atoms with Gasteiger partial charge in [0.05, 0.1) is 15.2 Å². The number of methoxy groups -OCH3 is 1. The number of rotatable bonds is 4. The smallest absolute Gasteiger partial charge is 0.118 e. The third-order valence-electron chi connectivity index (χ3n) is 7.93. The van der Waals surface area contributed by atoms with Crippen LogP contribution in [0.3, 0.4) is 0 Å². The van der Waals surface area contributed by atoms with Gasteiger partial charge in [0, 0.05) is 0 Å². The van der Waals surface area contributed by atoms with Crippen molar-refractivity contribution in [3.05, 3.63) is 85.7 Å². The van der Waals surface area contributed by atoms with Gasteiger partial charge in [-0.1, -0.05) is 72.3 Å². The summed E-state index contributed by atoms with van der Waals surface area (Å²) in [6.45, 7) is 2.67. The normalized spacial score (nSPS) is 37.5. The molecule has 0 spiro atoms. The lowest BCUT2D eigenvalue weighted by molar-refractivity contribution is 0.417. The minimum absolute atomic E-state index is 0.611. The van der Waals surface area contributed by atoms with Crippen LogP contribution in [0.25, 0.3) is 0 Å². The summed E-state index contributed by atoms with van der Waals surface area (Å²) in [5.74, 6) is 3.62. The molecule has 0 saturated heterocycles. The van der Waals surface area contributed by atoms with E-state index in [4.69, 9.17) is 4.74 Å². The number of fused-ring (bicyclic) bond motifs is 2. The van der Waals surface area contributed by atoms with Gasteiger partial charge in [-0.3, -0.25) is 0 Å². The molecule has 146 valence electrons. The molecule has 4 aliphatic rings. The molecule has 0 N–H and O–H groups in total. The summed E-state index contributed by atoms with van der Waals surface area (Å²) in [7, 11) is -0.0586. The fourth-order valence-corrected chi connectivity index (χ4v) is 12.6. The van der Waals surface area contributed by atoms with E-state index < -0.39 is 8.07 Å². The fraction of sp³-hybridized carbons (Fsp3) is 0.385. The van der Waals surface area contributed by atoms with Gasteiger partial charge in [0.25, 0.3) is 0 Å². The first-order valence-electron chi connectivity index (χ1n) is 10.7. The lowest BCUT2D eigenvalue weighted by Gasteiger charge is -2.48. The monoisotopic (exact) mass is 386 g/mol. The van der Waals surface area contributed by atoms with Crippen molar-refractivity contribution >= 4 is 13.3 Å². The summed E-state index contributed by atoms with van der Waals surface area (Å²) in [5, 5.41) is 1.53. The molecular weight excluding hydrogens is 356 g/mol. The second-order valence-corrected chi connectivity index (χ2v) is 13.6. The van der Waals surface area contributed by atoms with Crippen LogP contribution in [-0.4, -0.2) is 15.2 Å². The molecule has 2 saturated carbocycles. The molecule has 6 unspecified atom stereocenters. The highest BCUT2D eigenvalue weighted by atomic mass is 28.3. The van der Waals surface area contributed by atoms with Gasteiger partial charge >= 0.3 is 0 Å². The van der Waals surface area contributed by atoms with Crippen molar-refractivity contribution in [2.75, 3.05) is 7.11 Å². The summed E-state index contributed by atoms with van der Waals surface area (Å²) in [6, 6.07) is 8.91. The molecule has 2 fully saturated rings. The van der Waals surface area contributed by atoms with Crippen molar-refractivity contribution in [2.45, 2.75) is 30.5 Å². The Morgan fingerprint density at radius 1 is 0.821 bits per heavy atom. The molecule has 6 atom stereocenters. The van der Waals surface area contributed by atoms with Crippen LogP contribution in [-0.2, 0) is 0 Å². The Morgan fingerprint density at radius 2 is 1.36 bits per heavy atom. The number of hydrogen-bond donors (Lipinski definition) is 0. The van der Waals surface area contributed by atoms with E-state index in [-0.39, 0.29) is 0 Å². The van der Waals surface area contributed by atoms with E-state index in [2.05, 4.69) is 92.3 Å². The third kappa shape index (κ3) is 2.72. The van der Waals surface area contributed by atoms with Crippen molar-refractivity contribution in [1.29, 1.82) is 0 Å². The first-order valence-corrected chi connectivity index (χ1v) is 13.4. The summed E-state index contributed by atoms with van der Waals surface area (Å²) < 4.78 is 5.93. The molecule has 4 aliphatic carbocycles. The Labute approximate surface area is 170 Å². The number of ether oxygens (including phenoxy) is 1. The van der Waals surface area contributed by atoms with Gasteiger partial charge in [0.15, 0.2) is 0 Å². The molecule has 1 aromatic rings. The molecule has 0 bridgehead atoms. The first-order chi connectivity index (χ1) is 13.7. The van der Waals surface area contributed by atoms with Gasteiger partial charge in [-0.25, -0.2) is 0 Å². The lowest BCUT2D eigenvalue weighted by atomic mass is 9.91. The molecular formula is C26H30OSi-2. The highest BCUT2D eigenvalue weighted by molar-refractivity contribution is 6.94. The van der Waals surface area contributed by atoms with Crippen LogP contribution in [0.2, 0.25) is 17.6 Å².